The molecular formula is C36H71N2+. The zero-order chi connectivity index (χ0) is 27.5. The summed E-state index contributed by atoms with van der Waals surface area (Å²) in [4.78, 5) is 0. The van der Waals surface area contributed by atoms with E-state index in [2.05, 4.69) is 49.2 Å². The molecule has 0 saturated heterocycles. The number of hydrogen-bond acceptors (Lipinski definition) is 0. The van der Waals surface area contributed by atoms with Crippen molar-refractivity contribution in [3.63, 3.8) is 0 Å². The van der Waals surface area contributed by atoms with E-state index in [9.17, 15) is 0 Å². The maximum atomic E-state index is 2.58. The molecule has 0 radical (unpaired) electrons. The van der Waals surface area contributed by atoms with Gasteiger partial charge in [0.25, 0.3) is 5.82 Å². The smallest absolute Gasteiger partial charge is 0.234 e. The first-order valence-electron chi connectivity index (χ1n) is 17.8. The molecule has 1 heterocycles. The quantitative estimate of drug-likeness (QED) is 0.0717. The maximum absolute atomic E-state index is 2.58. The first-order chi connectivity index (χ1) is 18.7. The predicted octanol–water partition coefficient (Wildman–Crippen LogP) is 12.1. The van der Waals surface area contributed by atoms with Crippen molar-refractivity contribution in [2.24, 2.45) is 0 Å². The third kappa shape index (κ3) is 19.3. The number of rotatable bonds is 29. The normalized spacial score (nSPS) is 11.7. The Bertz CT molecular complexity index is 602. The second kappa shape index (κ2) is 26.4. The van der Waals surface area contributed by atoms with Crippen LogP contribution in [0.4, 0.5) is 0 Å². The molecule has 0 aromatic carbocycles. The van der Waals surface area contributed by atoms with Crippen LogP contribution in [0.15, 0.2) is 12.4 Å². The Balaban J connectivity index is 2.08. The number of aromatic nitrogens is 2. The van der Waals surface area contributed by atoms with Gasteiger partial charge in [-0.3, -0.25) is 0 Å². The van der Waals surface area contributed by atoms with Crippen LogP contribution < -0.4 is 4.57 Å². The summed E-state index contributed by atoms with van der Waals surface area (Å²) in [6.45, 7) is 10.5. The molecule has 0 aliphatic heterocycles. The Labute approximate surface area is 240 Å². The number of hydrogen-bond donors (Lipinski definition) is 0. The molecule has 224 valence electrons. The fraction of sp³-hybridized carbons (Fsp3) is 0.917. The molecule has 0 amide bonds. The minimum Gasteiger partial charge on any atom is -0.234 e. The lowest BCUT2D eigenvalue weighted by atomic mass is 10.0. The summed E-state index contributed by atoms with van der Waals surface area (Å²) in [5.41, 5.74) is 0. The highest BCUT2D eigenvalue weighted by Gasteiger charge is 2.18. The van der Waals surface area contributed by atoms with E-state index in [1.54, 1.807) is 5.82 Å². The van der Waals surface area contributed by atoms with Gasteiger partial charge in [-0.05, 0) is 33.1 Å². The van der Waals surface area contributed by atoms with Crippen LogP contribution in [0.1, 0.15) is 207 Å². The molecule has 38 heavy (non-hydrogen) atoms. The zero-order valence-corrected chi connectivity index (χ0v) is 26.9. The number of aryl methyl sites for hydroxylation is 1. The van der Waals surface area contributed by atoms with Gasteiger partial charge in [0.1, 0.15) is 12.4 Å². The van der Waals surface area contributed by atoms with Crippen LogP contribution in [0, 0.1) is 0 Å². The molecule has 2 nitrogen and oxygen atoms in total. The lowest BCUT2D eigenvalue weighted by Crippen LogP contribution is -2.37. The first kappa shape index (κ1) is 35.2. The van der Waals surface area contributed by atoms with Crippen LogP contribution in [-0.4, -0.2) is 4.57 Å². The van der Waals surface area contributed by atoms with Gasteiger partial charge >= 0.3 is 0 Å². The third-order valence-corrected chi connectivity index (χ3v) is 8.60. The van der Waals surface area contributed by atoms with Gasteiger partial charge in [0, 0.05) is 6.42 Å². The molecular weight excluding hydrogens is 460 g/mol. The topological polar surface area (TPSA) is 8.81 Å². The number of nitrogens with zero attached hydrogens (tertiary/aromatic N) is 2. The van der Waals surface area contributed by atoms with Gasteiger partial charge in [0.15, 0.2) is 0 Å². The fourth-order valence-corrected chi connectivity index (χ4v) is 6.02. The van der Waals surface area contributed by atoms with Gasteiger partial charge in [0.05, 0.1) is 12.6 Å². The van der Waals surface area contributed by atoms with Crippen molar-refractivity contribution in [3.05, 3.63) is 18.2 Å². The molecule has 0 saturated carbocycles. The van der Waals surface area contributed by atoms with Crippen molar-refractivity contribution >= 4 is 0 Å². The van der Waals surface area contributed by atoms with Crippen LogP contribution in [0.3, 0.4) is 0 Å². The van der Waals surface area contributed by atoms with Crippen LogP contribution in [0.2, 0.25) is 0 Å². The molecule has 2 heteroatoms. The Hall–Kier alpha value is -0.790. The highest BCUT2D eigenvalue weighted by Crippen LogP contribution is 2.16. The SMILES string of the molecule is CCCCCCCCCCCCCCCCc1n(C(C)C)cc[n+]1CCCCCCCCCCCCCC. The van der Waals surface area contributed by atoms with Crippen molar-refractivity contribution in [1.29, 1.82) is 0 Å². The summed E-state index contributed by atoms with van der Waals surface area (Å²) < 4.78 is 5.11. The van der Waals surface area contributed by atoms with Gasteiger partial charge < -0.3 is 0 Å². The largest absolute Gasteiger partial charge is 0.256 e. The van der Waals surface area contributed by atoms with Crippen molar-refractivity contribution in [2.45, 2.75) is 214 Å². The van der Waals surface area contributed by atoms with Crippen LogP contribution >= 0.6 is 0 Å². The summed E-state index contributed by atoms with van der Waals surface area (Å²) in [6.07, 6.45) is 43.2. The molecule has 0 aliphatic carbocycles. The average Bonchev–Trinajstić information content (AvgIpc) is 3.32. The summed E-state index contributed by atoms with van der Waals surface area (Å²) in [6, 6.07) is 0.569. The van der Waals surface area contributed by atoms with Crippen molar-refractivity contribution in [2.75, 3.05) is 0 Å². The highest BCUT2D eigenvalue weighted by molar-refractivity contribution is 4.86. The van der Waals surface area contributed by atoms with E-state index >= 15 is 0 Å². The average molecular weight is 532 g/mol. The monoisotopic (exact) mass is 532 g/mol. The van der Waals surface area contributed by atoms with E-state index in [-0.39, 0.29) is 0 Å². The van der Waals surface area contributed by atoms with Crippen LogP contribution in [0.5, 0.6) is 0 Å². The van der Waals surface area contributed by atoms with E-state index in [0.717, 1.165) is 0 Å². The molecule has 1 rings (SSSR count). The Morgan fingerprint density at radius 1 is 0.500 bits per heavy atom. The second-order valence-electron chi connectivity index (χ2n) is 12.6. The van der Waals surface area contributed by atoms with Gasteiger partial charge in [-0.1, -0.05) is 162 Å². The van der Waals surface area contributed by atoms with E-state index in [1.165, 1.54) is 180 Å². The summed E-state index contributed by atoms with van der Waals surface area (Å²) in [7, 11) is 0. The second-order valence-corrected chi connectivity index (χ2v) is 12.6. The molecule has 0 spiro atoms. The van der Waals surface area contributed by atoms with Gasteiger partial charge in [-0.25, -0.2) is 9.13 Å². The summed E-state index contributed by atoms with van der Waals surface area (Å²) in [5, 5.41) is 0. The lowest BCUT2D eigenvalue weighted by Gasteiger charge is -2.08. The molecule has 0 bridgehead atoms. The summed E-state index contributed by atoms with van der Waals surface area (Å²) in [5.74, 6) is 1.57. The summed E-state index contributed by atoms with van der Waals surface area (Å²) >= 11 is 0. The van der Waals surface area contributed by atoms with Crippen LogP contribution in [-0.2, 0) is 13.0 Å². The first-order valence-corrected chi connectivity index (χ1v) is 17.8. The number of unbranched alkanes of at least 4 members (excludes halogenated alkanes) is 24. The van der Waals surface area contributed by atoms with E-state index < -0.39 is 0 Å². The van der Waals surface area contributed by atoms with Crippen LogP contribution in [0.25, 0.3) is 0 Å². The predicted molar refractivity (Wildman–Crippen MR) is 170 cm³/mol. The van der Waals surface area contributed by atoms with Crippen molar-refractivity contribution in [1.82, 2.24) is 4.57 Å². The van der Waals surface area contributed by atoms with E-state index in [4.69, 9.17) is 0 Å². The zero-order valence-electron chi connectivity index (χ0n) is 26.9. The van der Waals surface area contributed by atoms with E-state index in [1.807, 2.05) is 0 Å². The molecule has 0 N–H and O–H groups in total. The van der Waals surface area contributed by atoms with Gasteiger partial charge in [0.2, 0.25) is 0 Å². The fourth-order valence-electron chi connectivity index (χ4n) is 6.02. The van der Waals surface area contributed by atoms with Gasteiger partial charge in [-0.2, -0.15) is 0 Å². The van der Waals surface area contributed by atoms with Gasteiger partial charge in [-0.15, -0.1) is 0 Å². The van der Waals surface area contributed by atoms with E-state index in [0.29, 0.717) is 6.04 Å². The maximum Gasteiger partial charge on any atom is 0.256 e. The molecule has 0 aliphatic rings. The highest BCUT2D eigenvalue weighted by atomic mass is 15.2. The molecule has 0 fully saturated rings. The third-order valence-electron chi connectivity index (χ3n) is 8.60. The minimum absolute atomic E-state index is 0.569. The molecule has 1 aromatic rings. The Kier molecular flexibility index (Phi) is 24.5. The molecule has 0 atom stereocenters. The molecule has 1 aromatic heterocycles. The van der Waals surface area contributed by atoms with Crippen molar-refractivity contribution in [3.8, 4) is 0 Å². The Morgan fingerprint density at radius 3 is 1.21 bits per heavy atom. The minimum atomic E-state index is 0.569. The lowest BCUT2D eigenvalue weighted by molar-refractivity contribution is -0.704. The Morgan fingerprint density at radius 2 is 0.842 bits per heavy atom. The molecule has 0 unspecified atom stereocenters. The number of imidazole rings is 1. The standard InChI is InChI=1S/C36H71N2/c1-5-7-9-11-13-15-17-19-20-21-23-25-27-29-31-36-37(33-34-38(36)35(3)4)32-30-28-26-24-22-18-16-14-12-10-8-6-2/h33-35H,5-32H2,1-4H3/q+1. The van der Waals surface area contributed by atoms with Crippen molar-refractivity contribution < 1.29 is 4.57 Å².